The Kier molecular flexibility index (Phi) is 7.48. The van der Waals surface area contributed by atoms with Crippen LogP contribution >= 0.6 is 0 Å². The molecule has 2 aromatic heterocycles. The van der Waals surface area contributed by atoms with Crippen molar-refractivity contribution in [3.8, 4) is 0 Å². The Balaban J connectivity index is 1.75. The van der Waals surface area contributed by atoms with Crippen LogP contribution in [0, 0.1) is 12.5 Å². The number of amides is 1. The van der Waals surface area contributed by atoms with Gasteiger partial charge in [-0.05, 0) is 45.9 Å². The van der Waals surface area contributed by atoms with Crippen LogP contribution in [0.5, 0.6) is 0 Å². The van der Waals surface area contributed by atoms with Crippen LogP contribution < -0.4 is 21.3 Å². The second kappa shape index (κ2) is 10.5. The number of hydrogen-bond acceptors (Lipinski definition) is 8. The van der Waals surface area contributed by atoms with Gasteiger partial charge in [-0.3, -0.25) is 4.79 Å². The number of nitrogens with zero attached hydrogens (tertiary/aromatic N) is 5. The molecule has 158 valence electrons. The van der Waals surface area contributed by atoms with Crippen LogP contribution in [0.1, 0.15) is 12.8 Å². The molecule has 1 aliphatic heterocycles. The van der Waals surface area contributed by atoms with Crippen molar-refractivity contribution >= 4 is 34.7 Å². The maximum Gasteiger partial charge on any atom is 0.288 e. The van der Waals surface area contributed by atoms with Gasteiger partial charge in [0.15, 0.2) is 12.0 Å². The van der Waals surface area contributed by atoms with Crippen molar-refractivity contribution in [2.24, 2.45) is 5.92 Å². The van der Waals surface area contributed by atoms with Crippen LogP contribution in [0.3, 0.4) is 0 Å². The number of hydrogen-bond donors (Lipinski definition) is 4. The number of anilines is 4. The number of rotatable bonds is 8. The van der Waals surface area contributed by atoms with Crippen LogP contribution in [0.15, 0.2) is 24.7 Å². The summed E-state index contributed by atoms with van der Waals surface area (Å²) < 4.78 is 0. The molecule has 3 heterocycles. The van der Waals surface area contributed by atoms with Crippen molar-refractivity contribution in [3.05, 3.63) is 36.1 Å². The van der Waals surface area contributed by atoms with E-state index in [-0.39, 0.29) is 18.3 Å². The summed E-state index contributed by atoms with van der Waals surface area (Å²) in [6.45, 7) is 10.1. The molecular weight excluding hydrogens is 382 g/mol. The number of carbonyl (C=O) groups excluding carboxylic acids is 1. The fraction of sp³-hybridized carbons (Fsp3) is 0.450. The zero-order valence-electron chi connectivity index (χ0n) is 17.3. The van der Waals surface area contributed by atoms with Gasteiger partial charge in [0.25, 0.3) is 5.82 Å². The van der Waals surface area contributed by atoms with E-state index in [4.69, 9.17) is 6.57 Å². The van der Waals surface area contributed by atoms with Crippen molar-refractivity contribution in [2.45, 2.75) is 12.8 Å². The van der Waals surface area contributed by atoms with Gasteiger partial charge in [0.05, 0.1) is 30.3 Å². The third-order valence-electron chi connectivity index (χ3n) is 4.63. The Morgan fingerprint density at radius 3 is 2.73 bits per heavy atom. The van der Waals surface area contributed by atoms with Gasteiger partial charge in [0, 0.05) is 12.6 Å². The average molecular weight is 409 g/mol. The lowest BCUT2D eigenvalue weighted by atomic mass is 10.00. The first-order chi connectivity index (χ1) is 14.5. The van der Waals surface area contributed by atoms with Crippen molar-refractivity contribution in [2.75, 3.05) is 56.2 Å². The third-order valence-corrected chi connectivity index (χ3v) is 4.63. The Morgan fingerprint density at radius 2 is 2.07 bits per heavy atom. The van der Waals surface area contributed by atoms with Crippen LogP contribution in [-0.2, 0) is 4.79 Å². The number of aromatic nitrogens is 3. The van der Waals surface area contributed by atoms with E-state index < -0.39 is 0 Å². The van der Waals surface area contributed by atoms with Crippen LogP contribution in [-0.4, -0.2) is 66.0 Å². The van der Waals surface area contributed by atoms with Gasteiger partial charge in [-0.25, -0.2) is 9.97 Å². The van der Waals surface area contributed by atoms with E-state index in [0.29, 0.717) is 23.2 Å². The van der Waals surface area contributed by atoms with Gasteiger partial charge >= 0.3 is 0 Å². The number of piperidine rings is 1. The molecule has 4 N–H and O–H groups in total. The van der Waals surface area contributed by atoms with Gasteiger partial charge in [-0.2, -0.15) is 0 Å². The van der Waals surface area contributed by atoms with Crippen LogP contribution in [0.2, 0.25) is 0 Å². The molecular formula is C20H27N9O. The molecule has 1 fully saturated rings. The fourth-order valence-electron chi connectivity index (χ4n) is 3.17. The van der Waals surface area contributed by atoms with E-state index in [1.807, 2.05) is 25.1 Å². The molecule has 1 saturated heterocycles. The molecule has 10 nitrogen and oxygen atoms in total. The summed E-state index contributed by atoms with van der Waals surface area (Å²) in [6.07, 6.45) is 6.85. The molecule has 3 rings (SSSR count). The summed E-state index contributed by atoms with van der Waals surface area (Å²) >= 11 is 0. The normalized spacial score (nSPS) is 16.0. The average Bonchev–Trinajstić information content (AvgIpc) is 2.74. The highest BCUT2D eigenvalue weighted by molar-refractivity contribution is 5.95. The monoisotopic (exact) mass is 409 g/mol. The molecule has 2 aromatic rings. The lowest BCUT2D eigenvalue weighted by Crippen LogP contribution is -2.33. The summed E-state index contributed by atoms with van der Waals surface area (Å²) in [6, 6.07) is 1.84. The van der Waals surface area contributed by atoms with Crippen molar-refractivity contribution in [1.29, 1.82) is 0 Å². The molecule has 0 aliphatic carbocycles. The van der Waals surface area contributed by atoms with E-state index >= 15 is 0 Å². The largest absolute Gasteiger partial charge is 0.383 e. The highest BCUT2D eigenvalue weighted by Gasteiger charge is 2.15. The molecule has 0 bridgehead atoms. The molecule has 0 aromatic carbocycles. The Labute approximate surface area is 176 Å². The lowest BCUT2D eigenvalue weighted by molar-refractivity contribution is -0.116. The molecule has 0 radical (unpaired) electrons. The first-order valence-corrected chi connectivity index (χ1v) is 9.89. The number of nitrogens with one attached hydrogen (secondary N) is 4. The topological polar surface area (TPSA) is 111 Å². The highest BCUT2D eigenvalue weighted by atomic mass is 16.2. The number of pyridine rings is 1. The first-order valence-electron chi connectivity index (χ1n) is 9.89. The van der Waals surface area contributed by atoms with Crippen LogP contribution in [0.4, 0.5) is 28.8 Å². The molecule has 1 aliphatic rings. The standard InChI is InChI=1S/C20H27N9O/c1-21-18-11-26-19(12-25-18)28-17-7-15(23-9-14-5-4-6-22-8-14)16(10-24-17)27-20(30)13-29(2)3/h7,10-12,14,22H,4-6,8-9,13H2,2-3H3,(H,27,30)(H2,23,24,26,28). The van der Waals surface area contributed by atoms with Crippen LogP contribution in [0.25, 0.3) is 4.85 Å². The minimum absolute atomic E-state index is 0.106. The lowest BCUT2D eigenvalue weighted by Gasteiger charge is -2.24. The predicted molar refractivity (Wildman–Crippen MR) is 117 cm³/mol. The van der Waals surface area contributed by atoms with Gasteiger partial charge in [-0.1, -0.05) is 6.57 Å². The minimum Gasteiger partial charge on any atom is -0.383 e. The quantitative estimate of drug-likeness (QED) is 0.491. The molecule has 30 heavy (non-hydrogen) atoms. The second-order valence-corrected chi connectivity index (χ2v) is 7.49. The van der Waals surface area contributed by atoms with E-state index in [0.717, 1.165) is 25.3 Å². The highest BCUT2D eigenvalue weighted by Crippen LogP contribution is 2.26. The Morgan fingerprint density at radius 1 is 1.23 bits per heavy atom. The first kappa shape index (κ1) is 21.4. The molecule has 0 spiro atoms. The van der Waals surface area contributed by atoms with E-state index in [2.05, 4.69) is 41.1 Å². The fourth-order valence-corrected chi connectivity index (χ4v) is 3.17. The molecule has 1 atom stereocenters. The smallest absolute Gasteiger partial charge is 0.288 e. The molecule has 0 saturated carbocycles. The molecule has 1 unspecified atom stereocenters. The number of carbonyl (C=O) groups is 1. The molecule has 1 amide bonds. The molecule has 10 heteroatoms. The van der Waals surface area contributed by atoms with Crippen molar-refractivity contribution in [1.82, 2.24) is 25.2 Å². The summed E-state index contributed by atoms with van der Waals surface area (Å²) in [5.74, 6) is 1.71. The maximum atomic E-state index is 12.2. The number of likely N-dealkylation sites (N-methyl/N-ethyl adjacent to an activating group) is 1. The summed E-state index contributed by atoms with van der Waals surface area (Å²) in [7, 11) is 3.70. The third kappa shape index (κ3) is 6.37. The van der Waals surface area contributed by atoms with Crippen molar-refractivity contribution < 1.29 is 4.79 Å². The van der Waals surface area contributed by atoms with E-state index in [1.54, 1.807) is 6.20 Å². The minimum atomic E-state index is -0.106. The van der Waals surface area contributed by atoms with Crippen molar-refractivity contribution in [3.63, 3.8) is 0 Å². The second-order valence-electron chi connectivity index (χ2n) is 7.49. The summed E-state index contributed by atoms with van der Waals surface area (Å²) in [5, 5.41) is 12.9. The van der Waals surface area contributed by atoms with E-state index in [9.17, 15) is 4.79 Å². The summed E-state index contributed by atoms with van der Waals surface area (Å²) in [5.41, 5.74) is 1.42. The van der Waals surface area contributed by atoms with Gasteiger partial charge in [-0.15, -0.1) is 4.98 Å². The maximum absolute atomic E-state index is 12.2. The van der Waals surface area contributed by atoms with Gasteiger partial charge in [0.1, 0.15) is 5.82 Å². The zero-order valence-corrected chi connectivity index (χ0v) is 17.3. The predicted octanol–water partition coefficient (Wildman–Crippen LogP) is 2.08. The zero-order chi connectivity index (χ0) is 21.3. The SMILES string of the molecule is [C-]#[N+]c1cnc(Nc2cc(NCC3CCCNC3)c(NC(=O)CN(C)C)cn2)cn1. The van der Waals surface area contributed by atoms with Gasteiger partial charge < -0.3 is 31.0 Å². The van der Waals surface area contributed by atoms with E-state index in [1.165, 1.54) is 25.2 Å². The Hall–Kier alpha value is -3.29. The van der Waals surface area contributed by atoms with Gasteiger partial charge in [0.2, 0.25) is 5.91 Å². The Bertz CT molecular complexity index is 886. The summed E-state index contributed by atoms with van der Waals surface area (Å²) in [4.78, 5) is 29.8.